The second-order valence-electron chi connectivity index (χ2n) is 6.83. The summed E-state index contributed by atoms with van der Waals surface area (Å²) in [6, 6.07) is 10.4. The summed E-state index contributed by atoms with van der Waals surface area (Å²) in [6.07, 6.45) is 7.45. The Hall–Kier alpha value is -3.22. The summed E-state index contributed by atoms with van der Waals surface area (Å²) in [5.74, 6) is 1.74. The lowest BCUT2D eigenvalue weighted by atomic mass is 10.1. The first-order valence-corrected chi connectivity index (χ1v) is 9.01. The normalized spacial score (nSPS) is 11.2. The molecule has 0 radical (unpaired) electrons. The van der Waals surface area contributed by atoms with E-state index in [1.807, 2.05) is 55.2 Å². The molecule has 0 aliphatic heterocycles. The van der Waals surface area contributed by atoms with Gasteiger partial charge in [-0.1, -0.05) is 30.3 Å². The lowest BCUT2D eigenvalue weighted by Crippen LogP contribution is -2.19. The summed E-state index contributed by atoms with van der Waals surface area (Å²) >= 11 is 0. The van der Waals surface area contributed by atoms with E-state index in [0.717, 1.165) is 47.6 Å². The van der Waals surface area contributed by atoms with E-state index in [1.165, 1.54) is 5.56 Å². The Labute approximate surface area is 158 Å². The van der Waals surface area contributed by atoms with Gasteiger partial charge in [0, 0.05) is 45.9 Å². The number of anilines is 1. The molecule has 3 heterocycles. The Morgan fingerprint density at radius 1 is 0.926 bits per heavy atom. The van der Waals surface area contributed by atoms with Gasteiger partial charge in [0.05, 0.1) is 17.8 Å². The summed E-state index contributed by atoms with van der Waals surface area (Å²) in [6.45, 7) is 0.729. The molecule has 0 amide bonds. The van der Waals surface area contributed by atoms with Crippen LogP contribution < -0.4 is 4.90 Å². The molecule has 3 aromatic heterocycles. The smallest absolute Gasteiger partial charge is 0.163 e. The van der Waals surface area contributed by atoms with Crippen molar-refractivity contribution in [1.82, 2.24) is 29.5 Å². The molecule has 0 bridgehead atoms. The van der Waals surface area contributed by atoms with Crippen LogP contribution in [0.4, 0.5) is 5.82 Å². The zero-order chi connectivity index (χ0) is 18.8. The van der Waals surface area contributed by atoms with E-state index in [-0.39, 0.29) is 0 Å². The van der Waals surface area contributed by atoms with Crippen LogP contribution >= 0.6 is 0 Å². The molecule has 0 N–H and O–H groups in total. The van der Waals surface area contributed by atoms with Crippen molar-refractivity contribution < 1.29 is 0 Å². The van der Waals surface area contributed by atoms with Gasteiger partial charge >= 0.3 is 0 Å². The van der Waals surface area contributed by atoms with E-state index in [2.05, 4.69) is 39.4 Å². The van der Waals surface area contributed by atoms with Gasteiger partial charge in [-0.05, 0) is 12.0 Å². The van der Waals surface area contributed by atoms with Crippen molar-refractivity contribution in [2.24, 2.45) is 14.1 Å². The first-order chi connectivity index (χ1) is 13.1. The Morgan fingerprint density at radius 2 is 1.74 bits per heavy atom. The van der Waals surface area contributed by atoms with Crippen LogP contribution in [-0.2, 0) is 33.5 Å². The maximum absolute atomic E-state index is 4.87. The molecule has 4 aromatic rings. The number of hydrogen-bond donors (Lipinski definition) is 0. The van der Waals surface area contributed by atoms with Crippen molar-refractivity contribution in [2.75, 3.05) is 11.9 Å². The van der Waals surface area contributed by atoms with Crippen LogP contribution in [0.1, 0.15) is 17.0 Å². The van der Waals surface area contributed by atoms with Gasteiger partial charge in [0.2, 0.25) is 0 Å². The Bertz CT molecular complexity index is 1050. The number of rotatable bonds is 6. The molecule has 7 nitrogen and oxygen atoms in total. The fraction of sp³-hybridized carbons (Fsp3) is 0.300. The van der Waals surface area contributed by atoms with Crippen LogP contribution in [-0.4, -0.2) is 36.6 Å². The van der Waals surface area contributed by atoms with Crippen LogP contribution in [0.25, 0.3) is 11.0 Å². The molecule has 0 saturated heterocycles. The predicted molar refractivity (Wildman–Crippen MR) is 105 cm³/mol. The number of fused-ring (bicyclic) bond motifs is 1. The molecule has 7 heteroatoms. The minimum atomic E-state index is 0.729. The van der Waals surface area contributed by atoms with Crippen LogP contribution in [0.2, 0.25) is 0 Å². The van der Waals surface area contributed by atoms with Gasteiger partial charge in [-0.25, -0.2) is 9.97 Å². The summed E-state index contributed by atoms with van der Waals surface area (Å²) in [4.78, 5) is 11.8. The second-order valence-corrected chi connectivity index (χ2v) is 6.83. The number of aryl methyl sites for hydroxylation is 4. The molecule has 1 aromatic carbocycles. The zero-order valence-electron chi connectivity index (χ0n) is 15.9. The number of hydrogen-bond acceptors (Lipinski definition) is 5. The largest absolute Gasteiger partial charge is 0.355 e. The van der Waals surface area contributed by atoms with Crippen LogP contribution in [0.15, 0.2) is 48.9 Å². The van der Waals surface area contributed by atoms with Gasteiger partial charge < -0.3 is 4.90 Å². The summed E-state index contributed by atoms with van der Waals surface area (Å²) in [5, 5.41) is 9.60. The first-order valence-electron chi connectivity index (χ1n) is 9.01. The third kappa shape index (κ3) is 3.67. The van der Waals surface area contributed by atoms with Crippen molar-refractivity contribution in [3.8, 4) is 0 Å². The topological polar surface area (TPSA) is 64.7 Å². The van der Waals surface area contributed by atoms with Gasteiger partial charge in [-0.15, -0.1) is 0 Å². The van der Waals surface area contributed by atoms with Crippen molar-refractivity contribution >= 4 is 16.9 Å². The minimum Gasteiger partial charge on any atom is -0.355 e. The molecule has 0 saturated carbocycles. The number of nitrogens with zero attached hydrogens (tertiary/aromatic N) is 7. The minimum absolute atomic E-state index is 0.729. The lowest BCUT2D eigenvalue weighted by molar-refractivity contribution is 0.765. The molecule has 0 unspecified atom stereocenters. The van der Waals surface area contributed by atoms with Gasteiger partial charge in [0.1, 0.15) is 11.6 Å². The molecule has 0 fully saturated rings. The van der Waals surface area contributed by atoms with Crippen molar-refractivity contribution in [2.45, 2.75) is 19.4 Å². The maximum atomic E-state index is 4.87. The van der Waals surface area contributed by atoms with Crippen LogP contribution in [0.3, 0.4) is 0 Å². The fourth-order valence-electron chi connectivity index (χ4n) is 3.26. The van der Waals surface area contributed by atoms with Crippen LogP contribution in [0.5, 0.6) is 0 Å². The van der Waals surface area contributed by atoms with Gasteiger partial charge in [0.15, 0.2) is 5.65 Å². The summed E-state index contributed by atoms with van der Waals surface area (Å²) in [5.41, 5.74) is 3.29. The van der Waals surface area contributed by atoms with Gasteiger partial charge in [-0.3, -0.25) is 9.36 Å². The second kappa shape index (κ2) is 7.19. The molecular weight excluding hydrogens is 338 g/mol. The third-order valence-electron chi connectivity index (χ3n) is 4.64. The average Bonchev–Trinajstić information content (AvgIpc) is 3.26. The fourth-order valence-corrected chi connectivity index (χ4v) is 3.26. The molecule has 0 atom stereocenters. The Balaban J connectivity index is 1.64. The average molecular weight is 361 g/mol. The molecule has 0 aliphatic carbocycles. The van der Waals surface area contributed by atoms with E-state index < -0.39 is 0 Å². The maximum Gasteiger partial charge on any atom is 0.163 e. The Kier molecular flexibility index (Phi) is 4.58. The monoisotopic (exact) mass is 361 g/mol. The zero-order valence-corrected chi connectivity index (χ0v) is 15.9. The molecule has 0 spiro atoms. The van der Waals surface area contributed by atoms with Gasteiger partial charge in [0.25, 0.3) is 0 Å². The van der Waals surface area contributed by atoms with Crippen molar-refractivity contribution in [1.29, 1.82) is 0 Å². The van der Waals surface area contributed by atoms with Crippen molar-refractivity contribution in [3.05, 3.63) is 65.9 Å². The number of aromatic nitrogens is 6. The van der Waals surface area contributed by atoms with E-state index in [0.29, 0.717) is 0 Å². The van der Waals surface area contributed by atoms with Crippen molar-refractivity contribution in [3.63, 3.8) is 0 Å². The standard InChI is InChI=1S/C20H23N7/c1-25(13-16-11-21-26(2)14-16)19-17-12-22-27(3)20(17)24-18(23-19)10-9-15-7-5-4-6-8-15/h4-8,11-12,14H,9-10,13H2,1-3H3. The highest BCUT2D eigenvalue weighted by Crippen LogP contribution is 2.24. The van der Waals surface area contributed by atoms with E-state index in [4.69, 9.17) is 9.97 Å². The first kappa shape index (κ1) is 17.2. The van der Waals surface area contributed by atoms with Gasteiger partial charge in [-0.2, -0.15) is 10.2 Å². The molecule has 4 rings (SSSR count). The van der Waals surface area contributed by atoms with E-state index in [9.17, 15) is 0 Å². The highest BCUT2D eigenvalue weighted by Gasteiger charge is 2.15. The third-order valence-corrected chi connectivity index (χ3v) is 4.64. The molecule has 138 valence electrons. The van der Waals surface area contributed by atoms with E-state index >= 15 is 0 Å². The predicted octanol–water partition coefficient (Wildman–Crippen LogP) is 2.52. The number of benzene rings is 1. The molecule has 27 heavy (non-hydrogen) atoms. The highest BCUT2D eigenvalue weighted by atomic mass is 15.3. The van der Waals surface area contributed by atoms with Crippen LogP contribution in [0, 0.1) is 0 Å². The van der Waals surface area contributed by atoms with E-state index in [1.54, 1.807) is 0 Å². The summed E-state index contributed by atoms with van der Waals surface area (Å²) < 4.78 is 3.62. The summed E-state index contributed by atoms with van der Waals surface area (Å²) in [7, 11) is 5.89. The Morgan fingerprint density at radius 3 is 2.48 bits per heavy atom. The molecular formula is C20H23N7. The quantitative estimate of drug-likeness (QED) is 0.528. The SMILES string of the molecule is CN(Cc1cnn(C)c1)c1nc(CCc2ccccc2)nc2c1cnn2C. The lowest BCUT2D eigenvalue weighted by Gasteiger charge is -2.19. The molecule has 0 aliphatic rings. The highest BCUT2D eigenvalue weighted by molar-refractivity contribution is 5.86.